The lowest BCUT2D eigenvalue weighted by Crippen LogP contribution is -2.33. The molecule has 5 nitrogen and oxygen atoms in total. The van der Waals surface area contributed by atoms with Gasteiger partial charge in [-0.2, -0.15) is 0 Å². The maximum absolute atomic E-state index is 11.5. The lowest BCUT2D eigenvalue weighted by molar-refractivity contribution is -0.118. The van der Waals surface area contributed by atoms with Crippen LogP contribution in [-0.2, 0) is 14.3 Å². The van der Waals surface area contributed by atoms with Gasteiger partial charge in [-0.25, -0.2) is 4.79 Å². The summed E-state index contributed by atoms with van der Waals surface area (Å²) in [6, 6.07) is 0. The Morgan fingerprint density at radius 1 is 1.47 bits per heavy atom. The molecule has 1 rings (SSSR count). The zero-order valence-electron chi connectivity index (χ0n) is 10.5. The number of rotatable bonds is 4. The van der Waals surface area contributed by atoms with Crippen molar-refractivity contribution in [3.05, 3.63) is 11.8 Å². The second kappa shape index (κ2) is 5.70. The van der Waals surface area contributed by atoms with Crippen LogP contribution in [0.1, 0.15) is 33.6 Å². The summed E-state index contributed by atoms with van der Waals surface area (Å²) < 4.78 is 10.2. The van der Waals surface area contributed by atoms with Crippen LogP contribution in [0.15, 0.2) is 11.8 Å². The smallest absolute Gasteiger partial charge is 0.407 e. The first kappa shape index (κ1) is 13.5. The Hall–Kier alpha value is -1.52. The summed E-state index contributed by atoms with van der Waals surface area (Å²) in [5, 5.41) is 2.53. The number of carbonyl (C=O) groups is 2. The molecule has 1 heterocycles. The van der Waals surface area contributed by atoms with Gasteiger partial charge in [0, 0.05) is 19.4 Å². The van der Waals surface area contributed by atoms with E-state index in [1.807, 2.05) is 0 Å². The Labute approximate surface area is 101 Å². The van der Waals surface area contributed by atoms with Gasteiger partial charge in [0.05, 0.1) is 6.61 Å². The summed E-state index contributed by atoms with van der Waals surface area (Å²) in [5.41, 5.74) is -0.523. The Kier molecular flexibility index (Phi) is 4.54. The van der Waals surface area contributed by atoms with E-state index >= 15 is 0 Å². The predicted octanol–water partition coefficient (Wildman–Crippen LogP) is 1.77. The van der Waals surface area contributed by atoms with Gasteiger partial charge in [0.1, 0.15) is 5.60 Å². The molecule has 1 aliphatic rings. The number of allylic oxidation sites excluding steroid dienone is 1. The number of amides is 1. The topological polar surface area (TPSA) is 64.6 Å². The third-order valence-electron chi connectivity index (χ3n) is 2.00. The molecule has 1 aliphatic heterocycles. The van der Waals surface area contributed by atoms with Crippen LogP contribution >= 0.6 is 0 Å². The van der Waals surface area contributed by atoms with Crippen LogP contribution in [0, 0.1) is 0 Å². The van der Waals surface area contributed by atoms with Crippen LogP contribution in [0.3, 0.4) is 0 Å². The Bertz CT molecular complexity index is 328. The molecule has 0 aromatic heterocycles. The third kappa shape index (κ3) is 5.38. The molecule has 0 bridgehead atoms. The lowest BCUT2D eigenvalue weighted by Gasteiger charge is -2.19. The molecule has 0 saturated carbocycles. The van der Waals surface area contributed by atoms with Gasteiger partial charge in [-0.3, -0.25) is 4.79 Å². The summed E-state index contributed by atoms with van der Waals surface area (Å²) in [5.74, 6) is 0.328. The van der Waals surface area contributed by atoms with E-state index < -0.39 is 11.7 Å². The average molecular weight is 241 g/mol. The SMILES string of the molecule is CC(C)(C)OC(=O)NCCC(=O)C1=CCCO1. The van der Waals surface area contributed by atoms with Crippen LogP contribution < -0.4 is 5.32 Å². The number of hydrogen-bond acceptors (Lipinski definition) is 4. The molecule has 0 aromatic carbocycles. The fraction of sp³-hybridized carbons (Fsp3) is 0.667. The van der Waals surface area contributed by atoms with Crippen molar-refractivity contribution in [2.24, 2.45) is 0 Å². The van der Waals surface area contributed by atoms with Crippen LogP contribution in [-0.4, -0.2) is 30.6 Å². The van der Waals surface area contributed by atoms with Crippen molar-refractivity contribution >= 4 is 11.9 Å². The minimum absolute atomic E-state index is 0.0847. The predicted molar refractivity (Wildman–Crippen MR) is 62.5 cm³/mol. The van der Waals surface area contributed by atoms with Gasteiger partial charge in [-0.05, 0) is 26.8 Å². The van der Waals surface area contributed by atoms with Crippen LogP contribution in [0.4, 0.5) is 4.79 Å². The highest BCUT2D eigenvalue weighted by Crippen LogP contribution is 2.11. The molecule has 0 spiro atoms. The van der Waals surface area contributed by atoms with Gasteiger partial charge in [-0.15, -0.1) is 0 Å². The Morgan fingerprint density at radius 2 is 2.18 bits per heavy atom. The zero-order valence-corrected chi connectivity index (χ0v) is 10.5. The van der Waals surface area contributed by atoms with Crippen molar-refractivity contribution in [2.45, 2.75) is 39.2 Å². The summed E-state index contributed by atoms with van der Waals surface area (Å²) >= 11 is 0. The molecular formula is C12H19NO4. The number of ketones is 1. The van der Waals surface area contributed by atoms with E-state index in [0.717, 1.165) is 6.42 Å². The maximum Gasteiger partial charge on any atom is 0.407 e. The van der Waals surface area contributed by atoms with Crippen molar-refractivity contribution < 1.29 is 19.1 Å². The highest BCUT2D eigenvalue weighted by molar-refractivity contribution is 5.94. The first-order valence-electron chi connectivity index (χ1n) is 5.71. The maximum atomic E-state index is 11.5. The first-order valence-corrected chi connectivity index (χ1v) is 5.71. The monoisotopic (exact) mass is 241 g/mol. The van der Waals surface area contributed by atoms with Crippen LogP contribution in [0.2, 0.25) is 0 Å². The van der Waals surface area contributed by atoms with Crippen molar-refractivity contribution in [1.29, 1.82) is 0 Å². The zero-order chi connectivity index (χ0) is 12.9. The van der Waals surface area contributed by atoms with Gasteiger partial charge in [-0.1, -0.05) is 0 Å². The fourth-order valence-corrected chi connectivity index (χ4v) is 1.33. The molecule has 0 fully saturated rings. The number of Topliss-reactive ketones (excluding diaryl/α,β-unsaturated/α-hetero) is 1. The van der Waals surface area contributed by atoms with E-state index in [1.54, 1.807) is 26.8 Å². The number of hydrogen-bond donors (Lipinski definition) is 1. The molecule has 0 saturated heterocycles. The third-order valence-corrected chi connectivity index (χ3v) is 2.00. The number of nitrogens with one attached hydrogen (secondary N) is 1. The summed E-state index contributed by atoms with van der Waals surface area (Å²) in [7, 11) is 0. The Balaban J connectivity index is 2.19. The van der Waals surface area contributed by atoms with Gasteiger partial charge in [0.2, 0.25) is 0 Å². The van der Waals surface area contributed by atoms with Gasteiger partial charge in [0.25, 0.3) is 0 Å². The minimum Gasteiger partial charge on any atom is -0.490 e. The standard InChI is InChI=1S/C12H19NO4/c1-12(2,3)17-11(15)13-7-6-9(14)10-5-4-8-16-10/h5H,4,6-8H2,1-3H3,(H,13,15). The van der Waals surface area contributed by atoms with Crippen molar-refractivity contribution in [3.8, 4) is 0 Å². The van der Waals surface area contributed by atoms with Gasteiger partial charge >= 0.3 is 6.09 Å². The normalized spacial score (nSPS) is 14.9. The molecule has 0 aromatic rings. The molecule has 5 heteroatoms. The summed E-state index contributed by atoms with van der Waals surface area (Å²) in [4.78, 5) is 22.8. The van der Waals surface area contributed by atoms with E-state index in [2.05, 4.69) is 5.32 Å². The van der Waals surface area contributed by atoms with E-state index in [0.29, 0.717) is 12.4 Å². The Morgan fingerprint density at radius 3 is 2.71 bits per heavy atom. The van der Waals surface area contributed by atoms with E-state index in [1.165, 1.54) is 0 Å². The van der Waals surface area contributed by atoms with Crippen molar-refractivity contribution in [2.75, 3.05) is 13.2 Å². The molecule has 0 atom stereocenters. The van der Waals surface area contributed by atoms with E-state index in [4.69, 9.17) is 9.47 Å². The average Bonchev–Trinajstić information content (AvgIpc) is 2.66. The highest BCUT2D eigenvalue weighted by Gasteiger charge is 2.17. The number of alkyl carbamates (subject to hydrolysis) is 1. The molecule has 0 unspecified atom stereocenters. The summed E-state index contributed by atoms with van der Waals surface area (Å²) in [6.07, 6.45) is 2.27. The molecular weight excluding hydrogens is 222 g/mol. The molecule has 0 aliphatic carbocycles. The minimum atomic E-state index is -0.523. The van der Waals surface area contributed by atoms with Gasteiger partial charge in [0.15, 0.2) is 11.5 Å². The molecule has 1 N–H and O–H groups in total. The van der Waals surface area contributed by atoms with Gasteiger partial charge < -0.3 is 14.8 Å². The van der Waals surface area contributed by atoms with Crippen molar-refractivity contribution in [1.82, 2.24) is 5.32 Å². The van der Waals surface area contributed by atoms with Crippen LogP contribution in [0.25, 0.3) is 0 Å². The molecule has 0 radical (unpaired) electrons. The number of carbonyl (C=O) groups excluding carboxylic acids is 2. The second-order valence-corrected chi connectivity index (χ2v) is 4.81. The largest absolute Gasteiger partial charge is 0.490 e. The van der Waals surface area contributed by atoms with Crippen molar-refractivity contribution in [3.63, 3.8) is 0 Å². The first-order chi connectivity index (χ1) is 7.88. The molecule has 96 valence electrons. The summed E-state index contributed by atoms with van der Waals surface area (Å²) in [6.45, 7) is 6.19. The molecule has 17 heavy (non-hydrogen) atoms. The lowest BCUT2D eigenvalue weighted by atomic mass is 10.2. The second-order valence-electron chi connectivity index (χ2n) is 4.81. The highest BCUT2D eigenvalue weighted by atomic mass is 16.6. The van der Waals surface area contributed by atoms with E-state index in [-0.39, 0.29) is 18.7 Å². The number of ether oxygens (including phenoxy) is 2. The van der Waals surface area contributed by atoms with Crippen LogP contribution in [0.5, 0.6) is 0 Å². The quantitative estimate of drug-likeness (QED) is 0.814. The molecule has 1 amide bonds. The van der Waals surface area contributed by atoms with E-state index in [9.17, 15) is 9.59 Å². The fourth-order valence-electron chi connectivity index (χ4n) is 1.33.